The minimum Gasteiger partial charge on any atom is -0.369 e. The van der Waals surface area contributed by atoms with E-state index in [4.69, 9.17) is 11.5 Å². The Labute approximate surface area is 422 Å². The van der Waals surface area contributed by atoms with E-state index in [1.807, 2.05) is 74.8 Å². The van der Waals surface area contributed by atoms with Gasteiger partial charge in [-0.2, -0.15) is 10.2 Å². The van der Waals surface area contributed by atoms with Crippen molar-refractivity contribution in [3.05, 3.63) is 149 Å². The zero-order chi connectivity index (χ0) is 50.6. The third kappa shape index (κ3) is 11.4. The van der Waals surface area contributed by atoms with Crippen LogP contribution >= 0.6 is 15.9 Å². The number of aromatic nitrogens is 6. The Balaban J connectivity index is 0.000000176. The van der Waals surface area contributed by atoms with E-state index in [0.29, 0.717) is 28.8 Å². The molecule has 2 atom stereocenters. The molecule has 4 N–H and O–H groups in total. The fourth-order valence-electron chi connectivity index (χ4n) is 9.08. The number of likely N-dealkylation sites (N-methyl/N-ethyl adjacent to an activating group) is 2. The summed E-state index contributed by atoms with van der Waals surface area (Å²) in [6, 6.07) is 18.0. The molecule has 2 aromatic carbocycles. The van der Waals surface area contributed by atoms with Gasteiger partial charge in [0.2, 0.25) is 0 Å². The maximum Gasteiger partial charge on any atom is 0.266 e. The van der Waals surface area contributed by atoms with Gasteiger partial charge in [-0.15, -0.1) is 0 Å². The second-order valence-corrected chi connectivity index (χ2v) is 31.9. The van der Waals surface area contributed by atoms with Gasteiger partial charge in [-0.1, -0.05) is 46.3 Å². The van der Waals surface area contributed by atoms with E-state index in [1.54, 1.807) is 54.3 Å². The molecule has 2 aliphatic heterocycles. The monoisotopic (exact) mass is 1130 g/mol. The molecule has 14 nitrogen and oxygen atoms in total. The Bertz CT molecular complexity index is 2790. The van der Waals surface area contributed by atoms with Crippen molar-refractivity contribution in [2.24, 2.45) is 21.5 Å². The Morgan fingerprint density at radius 3 is 1.47 bits per heavy atom. The average molecular weight is 1130 g/mol. The maximum atomic E-state index is 13.6. The topological polar surface area (TPSA) is 179 Å². The number of amides is 2. The summed E-state index contributed by atoms with van der Waals surface area (Å²) in [6.45, 7) is 12.1. The molecule has 70 heavy (non-hydrogen) atoms. The normalized spacial score (nSPS) is 17.7. The number of hydrogen-bond acceptors (Lipinski definition) is 10. The molecule has 370 valence electrons. The van der Waals surface area contributed by atoms with Crippen molar-refractivity contribution in [2.75, 3.05) is 14.1 Å². The smallest absolute Gasteiger partial charge is 0.266 e. The largest absolute Gasteiger partial charge is 0.369 e. The molecule has 8 rings (SSSR count). The van der Waals surface area contributed by atoms with Gasteiger partial charge in [-0.05, 0) is 54.8 Å². The second-order valence-electron chi connectivity index (χ2n) is 17.7. The van der Waals surface area contributed by atoms with Gasteiger partial charge in [0, 0.05) is 66.9 Å². The van der Waals surface area contributed by atoms with Crippen LogP contribution in [0.5, 0.6) is 0 Å². The molecule has 0 spiro atoms. The summed E-state index contributed by atoms with van der Waals surface area (Å²) in [5.41, 5.74) is 13.5. The molecule has 0 saturated heterocycles. The number of carbonyl (C=O) groups is 2. The van der Waals surface area contributed by atoms with E-state index in [-0.39, 0.29) is 29.6 Å². The molecule has 18 heteroatoms. The first kappa shape index (κ1) is 53.5. The van der Waals surface area contributed by atoms with E-state index < -0.39 is 35.3 Å². The van der Waals surface area contributed by atoms with Gasteiger partial charge in [0.05, 0.1) is 18.6 Å². The Morgan fingerprint density at radius 2 is 1.06 bits per heavy atom. The summed E-state index contributed by atoms with van der Waals surface area (Å²) in [7, 11) is 3.22. The van der Waals surface area contributed by atoms with E-state index >= 15 is 0 Å². The number of guanidine groups is 2. The molecule has 0 radical (unpaired) electrons. The van der Waals surface area contributed by atoms with Gasteiger partial charge >= 0.3 is 128 Å². The van der Waals surface area contributed by atoms with Crippen molar-refractivity contribution < 1.29 is 18.4 Å². The van der Waals surface area contributed by atoms with Gasteiger partial charge in [-0.3, -0.25) is 33.7 Å². The van der Waals surface area contributed by atoms with Crippen molar-refractivity contribution >= 4 is 61.6 Å². The second kappa shape index (κ2) is 23.9. The zero-order valence-electron chi connectivity index (χ0n) is 41.2. The van der Waals surface area contributed by atoms with Gasteiger partial charge in [0.25, 0.3) is 11.8 Å². The third-order valence-electron chi connectivity index (χ3n) is 13.1. The number of halogens is 3. The predicted octanol–water partition coefficient (Wildman–Crippen LogP) is 9.11. The Morgan fingerprint density at radius 1 is 0.586 bits per heavy atom. The number of aliphatic imine (C=N–C) groups is 2. The molecular weight excluding hydrogens is 1060 g/mol. The number of unbranched alkanes of at least 4 members (excludes halogenated alkanes) is 3. The fourth-order valence-corrected chi connectivity index (χ4v) is 25.2. The Hall–Kier alpha value is -5.82. The number of pyridine rings is 2. The van der Waals surface area contributed by atoms with Crippen LogP contribution in [0.2, 0.25) is 13.3 Å². The van der Waals surface area contributed by atoms with Crippen molar-refractivity contribution in [1.29, 1.82) is 0 Å². The van der Waals surface area contributed by atoms with E-state index in [9.17, 15) is 18.4 Å². The summed E-state index contributed by atoms with van der Waals surface area (Å²) >= 11 is 1.01. The number of nitrogens with two attached hydrogens (primary N) is 2. The fraction of sp³-hybridized carbons (Fsp3) is 0.385. The van der Waals surface area contributed by atoms with Crippen molar-refractivity contribution in [3.8, 4) is 11.1 Å². The molecule has 2 amide bonds. The molecule has 4 aromatic heterocycles. The third-order valence-corrected chi connectivity index (χ3v) is 29.1. The number of nitrogens with zero attached hydrogens (tertiary/aromatic N) is 10. The average Bonchev–Trinajstić information content (AvgIpc) is 4.16. The molecule has 0 bridgehead atoms. The number of aryl methyl sites for hydroxylation is 2. The first-order valence-electron chi connectivity index (χ1n) is 24.0. The van der Waals surface area contributed by atoms with Crippen molar-refractivity contribution in [2.45, 2.75) is 111 Å². The first-order valence-corrected chi connectivity index (χ1v) is 32.3. The summed E-state index contributed by atoms with van der Waals surface area (Å²) in [4.78, 5) is 46.0. The molecule has 2 aliphatic rings. The van der Waals surface area contributed by atoms with Gasteiger partial charge < -0.3 is 11.5 Å². The van der Waals surface area contributed by atoms with Crippen LogP contribution in [-0.4, -0.2) is 95.5 Å². The summed E-state index contributed by atoms with van der Waals surface area (Å²) < 4.78 is 37.1. The summed E-state index contributed by atoms with van der Waals surface area (Å²) in [6.07, 6.45) is 20.7. The minimum atomic E-state index is -2.44. The summed E-state index contributed by atoms with van der Waals surface area (Å²) in [5.74, 6) is -0.691. The van der Waals surface area contributed by atoms with Crippen LogP contribution in [0.1, 0.15) is 95.4 Å². The SMILES string of the molecule is CCC[CH2][Sn]([CH2]CCC)([CH2]CCC)[c]1cncc(F)c1.CCn1cc(C2(c3cccc(-c4cncc(F)c4)c3)N=C(N)N(C)C2=O)cn1.CCn1cc(C2(c3cccc(Br)c3)N=C(N)N(C)C2=O)cn1. The molecule has 0 aliphatic carbocycles. The molecule has 6 aromatic rings. The summed E-state index contributed by atoms with van der Waals surface area (Å²) in [5, 5.41) is 8.58. The Kier molecular flexibility index (Phi) is 18.2. The van der Waals surface area contributed by atoms with Crippen LogP contribution in [-0.2, 0) is 33.8 Å². The number of rotatable bonds is 17. The molecule has 0 saturated carbocycles. The number of hydrogen-bond donors (Lipinski definition) is 2. The van der Waals surface area contributed by atoms with Gasteiger partial charge in [0.15, 0.2) is 23.0 Å². The minimum absolute atomic E-state index is 0.132. The maximum absolute atomic E-state index is 13.6. The van der Waals surface area contributed by atoms with Crippen LogP contribution in [0.4, 0.5) is 8.78 Å². The molecule has 0 fully saturated rings. The van der Waals surface area contributed by atoms with Crippen LogP contribution in [0, 0.1) is 11.6 Å². The zero-order valence-corrected chi connectivity index (χ0v) is 45.7. The molecule has 2 unspecified atom stereocenters. The van der Waals surface area contributed by atoms with Crippen molar-refractivity contribution in [3.63, 3.8) is 0 Å². The van der Waals surface area contributed by atoms with Gasteiger partial charge in [-0.25, -0.2) is 14.4 Å². The van der Waals surface area contributed by atoms with Crippen LogP contribution in [0.15, 0.2) is 125 Å². The van der Waals surface area contributed by atoms with Gasteiger partial charge in [0.1, 0.15) is 5.82 Å². The molecule has 6 heterocycles. The number of carbonyl (C=O) groups excluding carboxylic acids is 2. The van der Waals surface area contributed by atoms with E-state index in [1.165, 1.54) is 77.5 Å². The van der Waals surface area contributed by atoms with Crippen LogP contribution < -0.4 is 15.0 Å². The quantitative estimate of drug-likeness (QED) is 0.0850. The van der Waals surface area contributed by atoms with Crippen LogP contribution in [0.3, 0.4) is 0 Å². The van der Waals surface area contributed by atoms with Crippen molar-refractivity contribution in [1.82, 2.24) is 39.3 Å². The predicted molar refractivity (Wildman–Crippen MR) is 279 cm³/mol. The van der Waals surface area contributed by atoms with Crippen LogP contribution in [0.25, 0.3) is 11.1 Å². The standard InChI is InChI=1S/C20H19FN6O.C15H16BrN5O.C5H3FN.3C4H9.Sn/c1-3-27-12-16(10-24-27)20(18(28)26(2)19(22)25-20)15-6-4-5-13(7-15)14-8-17(21)11-23-9-14;1-3-21-9-11(8-18-21)15(10-5-4-6-12(16)7-10)13(22)20(2)14(17)19-15;6-5-2-1-3-7-4-5;3*1-3-4-2;/h4-12H,3H2,1-2H3,(H2,22,25);4-9H,3H2,1-2H3,(H2,17,19);2-4H;3*1,3-4H2,2H3;. The number of benzene rings is 2. The first-order chi connectivity index (χ1) is 33.6. The van der Waals surface area contributed by atoms with E-state index in [0.717, 1.165) is 28.3 Å². The molecular formula is C52H65BrF2N12O2Sn. The van der Waals surface area contributed by atoms with E-state index in [2.05, 4.69) is 66.9 Å².